The summed E-state index contributed by atoms with van der Waals surface area (Å²) in [7, 11) is 0. The van der Waals surface area contributed by atoms with Crippen molar-refractivity contribution >= 4 is 11.7 Å². The number of nitro benzene ring substituents is 1. The van der Waals surface area contributed by atoms with E-state index in [1.54, 1.807) is 12.1 Å². The van der Waals surface area contributed by atoms with Crippen molar-refractivity contribution in [1.29, 1.82) is 0 Å². The summed E-state index contributed by atoms with van der Waals surface area (Å²) in [5.41, 5.74) is 0.790. The van der Waals surface area contributed by atoms with E-state index >= 15 is 0 Å². The van der Waals surface area contributed by atoms with Crippen LogP contribution >= 0.6 is 0 Å². The largest absolute Gasteiger partial charge is 0.461 e. The van der Waals surface area contributed by atoms with Crippen molar-refractivity contribution < 1.29 is 14.5 Å². The van der Waals surface area contributed by atoms with Crippen molar-refractivity contribution in [2.75, 3.05) is 0 Å². The minimum Gasteiger partial charge on any atom is -0.461 e. The maximum atomic E-state index is 11.8. The van der Waals surface area contributed by atoms with Gasteiger partial charge in [0, 0.05) is 12.1 Å². The van der Waals surface area contributed by atoms with Crippen LogP contribution in [0.25, 0.3) is 0 Å². The molecule has 1 atom stereocenters. The Balaban J connectivity index is 1.86. The van der Waals surface area contributed by atoms with Gasteiger partial charge in [0.2, 0.25) is 0 Å². The van der Waals surface area contributed by atoms with E-state index in [4.69, 9.17) is 4.74 Å². The second-order valence-corrected chi connectivity index (χ2v) is 4.51. The molecule has 2 rings (SSSR count). The lowest BCUT2D eigenvalue weighted by Crippen LogP contribution is -2.18. The van der Waals surface area contributed by atoms with Crippen molar-refractivity contribution in [1.82, 2.24) is 0 Å². The molecule has 19 heavy (non-hydrogen) atoms. The van der Waals surface area contributed by atoms with Crippen LogP contribution in [0.1, 0.15) is 24.8 Å². The maximum Gasteiger partial charge on any atom is 0.309 e. The zero-order chi connectivity index (χ0) is 13.7. The van der Waals surface area contributed by atoms with Gasteiger partial charge in [0.25, 0.3) is 5.69 Å². The molecule has 0 heterocycles. The first kappa shape index (κ1) is 13.3. The van der Waals surface area contributed by atoms with Crippen LogP contribution in [0.4, 0.5) is 5.69 Å². The van der Waals surface area contributed by atoms with Gasteiger partial charge in [-0.3, -0.25) is 14.9 Å². The average molecular weight is 261 g/mol. The highest BCUT2D eigenvalue weighted by Gasteiger charge is 2.20. The van der Waals surface area contributed by atoms with Crippen LogP contribution in [0.2, 0.25) is 0 Å². The number of carbonyl (C=O) groups excluding carboxylic acids is 1. The smallest absolute Gasteiger partial charge is 0.309 e. The molecule has 0 aromatic heterocycles. The summed E-state index contributed by atoms with van der Waals surface area (Å²) in [5.74, 6) is -0.245. The third kappa shape index (κ3) is 3.64. The monoisotopic (exact) mass is 261 g/mol. The predicted molar refractivity (Wildman–Crippen MR) is 69.4 cm³/mol. The molecule has 1 aliphatic rings. The SMILES string of the molecule is O=C(OCc1ccc([N+](=O)[O-])cc1)C1CC=CCC1. The Labute approximate surface area is 111 Å². The minimum atomic E-state index is -0.454. The first-order chi connectivity index (χ1) is 9.16. The van der Waals surface area contributed by atoms with Crippen LogP contribution in [0.3, 0.4) is 0 Å². The predicted octanol–water partition coefficient (Wildman–Crippen LogP) is 2.99. The Hall–Kier alpha value is -2.17. The molecular weight excluding hydrogens is 246 g/mol. The Morgan fingerprint density at radius 1 is 1.32 bits per heavy atom. The standard InChI is InChI=1S/C14H15NO4/c16-14(12-4-2-1-3-5-12)19-10-11-6-8-13(9-7-11)15(17)18/h1-2,6-9,12H,3-5,10H2. The summed E-state index contributed by atoms with van der Waals surface area (Å²) in [6.07, 6.45) is 6.55. The summed E-state index contributed by atoms with van der Waals surface area (Å²) >= 11 is 0. The van der Waals surface area contributed by atoms with Crippen LogP contribution < -0.4 is 0 Å². The Bertz CT molecular complexity index is 493. The molecule has 1 aromatic rings. The summed E-state index contributed by atoms with van der Waals surface area (Å²) < 4.78 is 5.23. The molecule has 1 unspecified atom stereocenters. The lowest BCUT2D eigenvalue weighted by atomic mass is 9.95. The third-order valence-electron chi connectivity index (χ3n) is 3.13. The zero-order valence-corrected chi connectivity index (χ0v) is 10.5. The van der Waals surface area contributed by atoms with Gasteiger partial charge in [0.1, 0.15) is 6.61 Å². The molecular formula is C14H15NO4. The highest BCUT2D eigenvalue weighted by Crippen LogP contribution is 2.20. The van der Waals surface area contributed by atoms with E-state index in [1.807, 2.05) is 6.08 Å². The van der Waals surface area contributed by atoms with E-state index < -0.39 is 4.92 Å². The second kappa shape index (κ2) is 6.13. The van der Waals surface area contributed by atoms with Gasteiger partial charge in [-0.15, -0.1) is 0 Å². The number of ether oxygens (including phenoxy) is 1. The van der Waals surface area contributed by atoms with Crippen LogP contribution in [0, 0.1) is 16.0 Å². The molecule has 0 bridgehead atoms. The number of esters is 1. The summed E-state index contributed by atoms with van der Waals surface area (Å²) in [4.78, 5) is 21.8. The average Bonchev–Trinajstić information content (AvgIpc) is 2.46. The molecule has 0 radical (unpaired) electrons. The quantitative estimate of drug-likeness (QED) is 0.361. The molecule has 5 heteroatoms. The minimum absolute atomic E-state index is 0.0347. The lowest BCUT2D eigenvalue weighted by Gasteiger charge is -2.16. The molecule has 5 nitrogen and oxygen atoms in total. The van der Waals surface area contributed by atoms with Crippen molar-refractivity contribution in [3.05, 3.63) is 52.1 Å². The second-order valence-electron chi connectivity index (χ2n) is 4.51. The van der Waals surface area contributed by atoms with Gasteiger partial charge >= 0.3 is 5.97 Å². The summed E-state index contributed by atoms with van der Waals surface area (Å²) in [5, 5.41) is 10.5. The van der Waals surface area contributed by atoms with E-state index in [0.29, 0.717) is 0 Å². The van der Waals surface area contributed by atoms with Gasteiger partial charge in [0.05, 0.1) is 10.8 Å². The van der Waals surface area contributed by atoms with Gasteiger partial charge in [-0.25, -0.2) is 0 Å². The Kier molecular flexibility index (Phi) is 4.28. The van der Waals surface area contributed by atoms with Crippen LogP contribution in [0.5, 0.6) is 0 Å². The first-order valence-corrected chi connectivity index (χ1v) is 6.22. The topological polar surface area (TPSA) is 69.4 Å². The van der Waals surface area contributed by atoms with E-state index in [-0.39, 0.29) is 24.2 Å². The van der Waals surface area contributed by atoms with Gasteiger partial charge < -0.3 is 4.74 Å². The highest BCUT2D eigenvalue weighted by molar-refractivity contribution is 5.72. The number of nitro groups is 1. The molecule has 0 N–H and O–H groups in total. The number of nitrogens with zero attached hydrogens (tertiary/aromatic N) is 1. The van der Waals surface area contributed by atoms with E-state index in [2.05, 4.69) is 6.08 Å². The number of rotatable bonds is 4. The molecule has 0 fully saturated rings. The van der Waals surface area contributed by atoms with Crippen molar-refractivity contribution in [3.63, 3.8) is 0 Å². The van der Waals surface area contributed by atoms with Gasteiger partial charge in [-0.1, -0.05) is 12.2 Å². The number of non-ortho nitro benzene ring substituents is 1. The van der Waals surface area contributed by atoms with Gasteiger partial charge in [0.15, 0.2) is 0 Å². The highest BCUT2D eigenvalue weighted by atomic mass is 16.6. The number of hydrogen-bond donors (Lipinski definition) is 0. The van der Waals surface area contributed by atoms with Crippen LogP contribution in [-0.2, 0) is 16.1 Å². The Morgan fingerprint density at radius 2 is 2.05 bits per heavy atom. The molecule has 1 aliphatic carbocycles. The number of allylic oxidation sites excluding steroid dienone is 2. The number of benzene rings is 1. The lowest BCUT2D eigenvalue weighted by molar-refractivity contribution is -0.384. The van der Waals surface area contributed by atoms with Crippen LogP contribution in [-0.4, -0.2) is 10.9 Å². The Morgan fingerprint density at radius 3 is 2.63 bits per heavy atom. The fraction of sp³-hybridized carbons (Fsp3) is 0.357. The number of hydrogen-bond acceptors (Lipinski definition) is 4. The summed E-state index contributed by atoms with van der Waals surface area (Å²) in [6.45, 7) is 0.164. The molecule has 0 spiro atoms. The third-order valence-corrected chi connectivity index (χ3v) is 3.13. The summed E-state index contributed by atoms with van der Waals surface area (Å²) in [6, 6.07) is 6.03. The maximum absolute atomic E-state index is 11.8. The van der Waals surface area contributed by atoms with E-state index in [0.717, 1.165) is 24.8 Å². The van der Waals surface area contributed by atoms with Gasteiger partial charge in [-0.05, 0) is 37.0 Å². The molecule has 0 amide bonds. The molecule has 0 saturated heterocycles. The fourth-order valence-corrected chi connectivity index (χ4v) is 1.99. The molecule has 0 aliphatic heterocycles. The van der Waals surface area contributed by atoms with Gasteiger partial charge in [-0.2, -0.15) is 0 Å². The molecule has 0 saturated carbocycles. The first-order valence-electron chi connectivity index (χ1n) is 6.22. The van der Waals surface area contributed by atoms with Crippen molar-refractivity contribution in [2.45, 2.75) is 25.9 Å². The van der Waals surface area contributed by atoms with Crippen molar-refractivity contribution in [3.8, 4) is 0 Å². The van der Waals surface area contributed by atoms with Crippen molar-refractivity contribution in [2.24, 2.45) is 5.92 Å². The number of carbonyl (C=O) groups is 1. The van der Waals surface area contributed by atoms with E-state index in [1.165, 1.54) is 12.1 Å². The zero-order valence-electron chi connectivity index (χ0n) is 10.5. The van der Waals surface area contributed by atoms with E-state index in [9.17, 15) is 14.9 Å². The molecule has 1 aromatic carbocycles. The normalized spacial score (nSPS) is 18.0. The fourth-order valence-electron chi connectivity index (χ4n) is 1.99. The van der Waals surface area contributed by atoms with Crippen LogP contribution in [0.15, 0.2) is 36.4 Å². The molecule has 100 valence electrons.